The first-order chi connectivity index (χ1) is 9.66. The predicted octanol–water partition coefficient (Wildman–Crippen LogP) is 2.53. The number of carboxylic acid groups (broad SMARTS) is 1. The zero-order valence-corrected chi connectivity index (χ0v) is 12.1. The molecule has 108 valence electrons. The molecular formula is C15H19NO3S. The van der Waals surface area contributed by atoms with E-state index in [0.29, 0.717) is 18.8 Å². The number of nitrogens with zero attached hydrogens (tertiary/aromatic N) is 1. The summed E-state index contributed by atoms with van der Waals surface area (Å²) < 4.78 is 0. The SMILES string of the molecule is O=C(O)[C@@H]1C[C@@H]2CCCC[C@@H]2N1C(=O)Cc1cccs1. The van der Waals surface area contributed by atoms with E-state index in [1.807, 2.05) is 17.5 Å². The summed E-state index contributed by atoms with van der Waals surface area (Å²) in [6, 6.07) is 3.40. The van der Waals surface area contributed by atoms with Gasteiger partial charge in [-0.25, -0.2) is 4.79 Å². The summed E-state index contributed by atoms with van der Waals surface area (Å²) in [4.78, 5) is 26.7. The van der Waals surface area contributed by atoms with E-state index in [1.54, 1.807) is 16.2 Å². The Hall–Kier alpha value is -1.36. The number of hydrogen-bond donors (Lipinski definition) is 1. The fourth-order valence-electron chi connectivity index (χ4n) is 3.69. The fraction of sp³-hybridized carbons (Fsp3) is 0.600. The Kier molecular flexibility index (Phi) is 3.78. The Morgan fingerprint density at radius 3 is 2.85 bits per heavy atom. The van der Waals surface area contributed by atoms with Crippen molar-refractivity contribution in [1.82, 2.24) is 4.90 Å². The number of likely N-dealkylation sites (tertiary alicyclic amines) is 1. The first-order valence-corrected chi connectivity index (χ1v) is 8.11. The third-order valence-electron chi connectivity index (χ3n) is 4.57. The highest BCUT2D eigenvalue weighted by Gasteiger charge is 2.47. The van der Waals surface area contributed by atoms with Crippen molar-refractivity contribution in [2.45, 2.75) is 50.6 Å². The van der Waals surface area contributed by atoms with Crippen LogP contribution in [0.1, 0.15) is 37.0 Å². The standard InChI is InChI=1S/C15H19NO3S/c17-14(9-11-5-3-7-20-11)16-12-6-2-1-4-10(12)8-13(16)15(18)19/h3,5,7,10,12-13H,1-2,4,6,8-9H2,(H,18,19)/t10-,12-,13-/m0/s1. The summed E-state index contributed by atoms with van der Waals surface area (Å²) in [6.45, 7) is 0. The van der Waals surface area contributed by atoms with E-state index >= 15 is 0 Å². The molecule has 20 heavy (non-hydrogen) atoms. The summed E-state index contributed by atoms with van der Waals surface area (Å²) in [7, 11) is 0. The molecule has 1 saturated carbocycles. The van der Waals surface area contributed by atoms with Gasteiger partial charge in [-0.05, 0) is 36.6 Å². The van der Waals surface area contributed by atoms with Crippen molar-refractivity contribution in [3.05, 3.63) is 22.4 Å². The molecule has 1 N–H and O–H groups in total. The van der Waals surface area contributed by atoms with Crippen molar-refractivity contribution in [2.75, 3.05) is 0 Å². The van der Waals surface area contributed by atoms with Crippen LogP contribution in [0, 0.1) is 5.92 Å². The van der Waals surface area contributed by atoms with Gasteiger partial charge in [-0.15, -0.1) is 11.3 Å². The molecule has 1 amide bonds. The van der Waals surface area contributed by atoms with Crippen LogP contribution in [0.25, 0.3) is 0 Å². The molecule has 0 spiro atoms. The van der Waals surface area contributed by atoms with E-state index in [4.69, 9.17) is 0 Å². The van der Waals surface area contributed by atoms with Gasteiger partial charge in [0, 0.05) is 10.9 Å². The zero-order valence-electron chi connectivity index (χ0n) is 11.3. The lowest BCUT2D eigenvalue weighted by Gasteiger charge is -2.33. The van der Waals surface area contributed by atoms with Crippen LogP contribution in [-0.4, -0.2) is 34.0 Å². The molecule has 0 radical (unpaired) electrons. The molecule has 1 aromatic heterocycles. The molecule has 0 bridgehead atoms. The van der Waals surface area contributed by atoms with Crippen LogP contribution < -0.4 is 0 Å². The topological polar surface area (TPSA) is 57.6 Å². The lowest BCUT2D eigenvalue weighted by molar-refractivity contribution is -0.149. The van der Waals surface area contributed by atoms with Crippen molar-refractivity contribution in [1.29, 1.82) is 0 Å². The molecule has 2 aliphatic rings. The number of aliphatic carboxylic acids is 1. The van der Waals surface area contributed by atoms with Crippen LogP contribution in [0.3, 0.4) is 0 Å². The fourth-order valence-corrected chi connectivity index (χ4v) is 4.39. The number of carboxylic acids is 1. The quantitative estimate of drug-likeness (QED) is 0.931. The zero-order chi connectivity index (χ0) is 14.1. The first kappa shape index (κ1) is 13.6. The van der Waals surface area contributed by atoms with Gasteiger partial charge in [-0.3, -0.25) is 4.79 Å². The molecule has 3 atom stereocenters. The molecule has 1 aromatic rings. The Balaban J connectivity index is 1.79. The number of hydrogen-bond acceptors (Lipinski definition) is 3. The minimum atomic E-state index is -0.848. The minimum absolute atomic E-state index is 0.0192. The van der Waals surface area contributed by atoms with E-state index < -0.39 is 12.0 Å². The molecule has 0 unspecified atom stereocenters. The Morgan fingerprint density at radius 1 is 1.35 bits per heavy atom. The maximum atomic E-state index is 12.6. The predicted molar refractivity (Wildman–Crippen MR) is 76.7 cm³/mol. The lowest BCUT2D eigenvalue weighted by Crippen LogP contribution is -2.46. The van der Waals surface area contributed by atoms with Gasteiger partial charge >= 0.3 is 5.97 Å². The van der Waals surface area contributed by atoms with Crippen molar-refractivity contribution >= 4 is 23.2 Å². The second-order valence-corrected chi connectivity index (χ2v) is 6.79. The highest BCUT2D eigenvalue weighted by molar-refractivity contribution is 7.10. The second-order valence-electron chi connectivity index (χ2n) is 5.76. The number of amides is 1. The van der Waals surface area contributed by atoms with E-state index in [9.17, 15) is 14.7 Å². The molecule has 4 nitrogen and oxygen atoms in total. The third kappa shape index (κ3) is 2.46. The van der Waals surface area contributed by atoms with E-state index in [0.717, 1.165) is 24.1 Å². The average molecular weight is 293 g/mol. The first-order valence-electron chi connectivity index (χ1n) is 7.23. The molecule has 3 rings (SSSR count). The highest BCUT2D eigenvalue weighted by atomic mass is 32.1. The summed E-state index contributed by atoms with van der Waals surface area (Å²) in [6.07, 6.45) is 5.28. The largest absolute Gasteiger partial charge is 0.480 e. The summed E-state index contributed by atoms with van der Waals surface area (Å²) in [5.74, 6) is -0.481. The molecular weight excluding hydrogens is 274 g/mol. The smallest absolute Gasteiger partial charge is 0.326 e. The maximum absolute atomic E-state index is 12.6. The number of carbonyl (C=O) groups excluding carboxylic acids is 1. The highest BCUT2D eigenvalue weighted by Crippen LogP contribution is 2.40. The van der Waals surface area contributed by atoms with Crippen LogP contribution in [0.15, 0.2) is 17.5 Å². The van der Waals surface area contributed by atoms with Gasteiger partial charge in [0.1, 0.15) is 6.04 Å². The second kappa shape index (κ2) is 5.56. The molecule has 2 heterocycles. The van der Waals surface area contributed by atoms with Gasteiger partial charge in [-0.1, -0.05) is 18.9 Å². The minimum Gasteiger partial charge on any atom is -0.480 e. The van der Waals surface area contributed by atoms with E-state index in [1.165, 1.54) is 6.42 Å². The van der Waals surface area contributed by atoms with Crippen LogP contribution in [0.2, 0.25) is 0 Å². The Labute approximate surface area is 122 Å². The normalized spacial score (nSPS) is 29.2. The van der Waals surface area contributed by atoms with Crippen molar-refractivity contribution in [2.24, 2.45) is 5.92 Å². The van der Waals surface area contributed by atoms with Gasteiger partial charge in [0.15, 0.2) is 0 Å². The van der Waals surface area contributed by atoms with Gasteiger partial charge in [-0.2, -0.15) is 0 Å². The molecule has 0 aromatic carbocycles. The Bertz CT molecular complexity index is 499. The molecule has 1 aliphatic heterocycles. The van der Waals surface area contributed by atoms with Crippen LogP contribution in [0.4, 0.5) is 0 Å². The van der Waals surface area contributed by atoms with Gasteiger partial charge in [0.05, 0.1) is 6.42 Å². The van der Waals surface area contributed by atoms with Gasteiger partial charge in [0.25, 0.3) is 0 Å². The monoisotopic (exact) mass is 293 g/mol. The molecule has 1 saturated heterocycles. The summed E-state index contributed by atoms with van der Waals surface area (Å²) in [5, 5.41) is 11.4. The number of thiophene rings is 1. The van der Waals surface area contributed by atoms with Crippen LogP contribution in [-0.2, 0) is 16.0 Å². The average Bonchev–Trinajstić information content (AvgIpc) is 3.04. The molecule has 1 aliphatic carbocycles. The van der Waals surface area contributed by atoms with Crippen molar-refractivity contribution < 1.29 is 14.7 Å². The van der Waals surface area contributed by atoms with Crippen molar-refractivity contribution in [3.63, 3.8) is 0 Å². The van der Waals surface area contributed by atoms with Gasteiger partial charge in [0.2, 0.25) is 5.91 Å². The van der Waals surface area contributed by atoms with Gasteiger partial charge < -0.3 is 10.0 Å². The maximum Gasteiger partial charge on any atom is 0.326 e. The number of rotatable bonds is 3. The number of carbonyl (C=O) groups is 2. The van der Waals surface area contributed by atoms with Crippen molar-refractivity contribution in [3.8, 4) is 0 Å². The van der Waals surface area contributed by atoms with E-state index in [2.05, 4.69) is 0 Å². The van der Waals surface area contributed by atoms with E-state index in [-0.39, 0.29) is 11.9 Å². The third-order valence-corrected chi connectivity index (χ3v) is 5.44. The summed E-state index contributed by atoms with van der Waals surface area (Å²) >= 11 is 1.55. The summed E-state index contributed by atoms with van der Waals surface area (Å²) in [5.41, 5.74) is 0. The Morgan fingerprint density at radius 2 is 2.15 bits per heavy atom. The lowest BCUT2D eigenvalue weighted by atomic mass is 9.84. The van der Waals surface area contributed by atoms with Crippen LogP contribution in [0.5, 0.6) is 0 Å². The molecule has 5 heteroatoms. The van der Waals surface area contributed by atoms with Crippen LogP contribution >= 0.6 is 11.3 Å². The molecule has 2 fully saturated rings. The number of fused-ring (bicyclic) bond motifs is 1.